The minimum atomic E-state index is -4.57. The topological polar surface area (TPSA) is 108 Å². The van der Waals surface area contributed by atoms with Crippen molar-refractivity contribution < 1.29 is 32.9 Å². The number of hydrogen-bond donors (Lipinski definition) is 2. The standard InChI is InChI=1S/C60H113N2O6P/c1-6-8-10-12-14-16-18-20-22-23-24-25-26-27-28-29-30-31-32-33-34-35-36-37-38-39-40-42-44-46-48-50-52-54-60(64)61-58(57-68-69(65,66)67-56-55-62(3,4)5)59(63)53-51-49-47-45-43-41-21-19-17-15-13-11-9-7-2/h8,10,14,16,20,22,24-25,27-28,58-59,63H,6-7,9,11-13,15,17-19,21,23,26,29-57H2,1-5H3,(H-,61,64,65,66)/b10-8-,16-14-,22-20-,25-24-,28-27-. The summed E-state index contributed by atoms with van der Waals surface area (Å²) in [6.45, 7) is 4.62. The van der Waals surface area contributed by atoms with E-state index in [1.54, 1.807) is 0 Å². The highest BCUT2D eigenvalue weighted by molar-refractivity contribution is 7.45. The van der Waals surface area contributed by atoms with E-state index in [1.165, 1.54) is 167 Å². The number of carbonyl (C=O) groups excluding carboxylic acids is 1. The molecule has 9 heteroatoms. The van der Waals surface area contributed by atoms with Gasteiger partial charge in [-0.2, -0.15) is 0 Å². The van der Waals surface area contributed by atoms with Gasteiger partial charge in [-0.05, 0) is 57.8 Å². The zero-order valence-corrected chi connectivity index (χ0v) is 46.9. The molecule has 0 aromatic carbocycles. The molecule has 8 nitrogen and oxygen atoms in total. The number of nitrogens with zero attached hydrogens (tertiary/aromatic N) is 1. The van der Waals surface area contributed by atoms with Gasteiger partial charge in [0.1, 0.15) is 13.2 Å². The number of phosphoric ester groups is 1. The quantitative estimate of drug-likeness (QED) is 0.0272. The molecule has 0 bridgehead atoms. The largest absolute Gasteiger partial charge is 0.756 e. The number of nitrogens with one attached hydrogen (secondary N) is 1. The van der Waals surface area contributed by atoms with Gasteiger partial charge in [0.25, 0.3) is 7.82 Å². The number of quaternary nitrogens is 1. The maximum atomic E-state index is 13.0. The fraction of sp³-hybridized carbons (Fsp3) is 0.817. The third-order valence-corrected chi connectivity index (χ3v) is 14.0. The lowest BCUT2D eigenvalue weighted by Crippen LogP contribution is -2.46. The van der Waals surface area contributed by atoms with Crippen LogP contribution in [0.4, 0.5) is 0 Å². The molecule has 0 heterocycles. The van der Waals surface area contributed by atoms with E-state index in [0.717, 1.165) is 70.6 Å². The number of rotatable bonds is 53. The number of aliphatic hydroxyl groups excluding tert-OH is 1. The van der Waals surface area contributed by atoms with Crippen molar-refractivity contribution in [3.8, 4) is 0 Å². The van der Waals surface area contributed by atoms with Gasteiger partial charge in [0.15, 0.2) is 0 Å². The van der Waals surface area contributed by atoms with Crippen molar-refractivity contribution in [3.63, 3.8) is 0 Å². The summed E-state index contributed by atoms with van der Waals surface area (Å²) in [4.78, 5) is 25.5. The molecule has 0 aliphatic rings. The van der Waals surface area contributed by atoms with E-state index in [1.807, 2.05) is 21.1 Å². The SMILES string of the molecule is CC/C=C\C/C=C\C/C=C\C/C=C\C/C=C\CCCCCCCCCCCCCCCCCCCC(=O)NC(COP(=O)([O-])OCC[N+](C)(C)C)C(O)CCCCCCCCCCCCCCCC. The van der Waals surface area contributed by atoms with Crippen LogP contribution in [-0.2, 0) is 18.4 Å². The predicted octanol–water partition coefficient (Wildman–Crippen LogP) is 17.1. The molecule has 0 saturated heterocycles. The molecule has 0 aromatic rings. The van der Waals surface area contributed by atoms with Crippen LogP contribution in [0.1, 0.15) is 264 Å². The summed E-state index contributed by atoms with van der Waals surface area (Å²) in [5, 5.41) is 14.0. The molecule has 0 saturated carbocycles. The van der Waals surface area contributed by atoms with Gasteiger partial charge >= 0.3 is 0 Å². The number of hydrogen-bond acceptors (Lipinski definition) is 6. The Hall–Kier alpha value is -1.80. The van der Waals surface area contributed by atoms with Gasteiger partial charge in [-0.3, -0.25) is 9.36 Å². The second kappa shape index (κ2) is 51.1. The number of aliphatic hydroxyl groups is 1. The second-order valence-electron chi connectivity index (χ2n) is 21.0. The average Bonchev–Trinajstić information content (AvgIpc) is 3.31. The molecule has 1 amide bonds. The molecule has 0 rings (SSSR count). The van der Waals surface area contributed by atoms with Crippen LogP contribution in [0.2, 0.25) is 0 Å². The summed E-state index contributed by atoms with van der Waals surface area (Å²) in [7, 11) is 1.31. The van der Waals surface area contributed by atoms with E-state index < -0.39 is 20.0 Å². The van der Waals surface area contributed by atoms with Gasteiger partial charge in [0, 0.05) is 6.42 Å². The number of amides is 1. The highest BCUT2D eigenvalue weighted by atomic mass is 31.2. The minimum absolute atomic E-state index is 0.0121. The maximum absolute atomic E-state index is 13.0. The number of allylic oxidation sites excluding steroid dienone is 10. The molecular formula is C60H113N2O6P. The Labute approximate surface area is 428 Å². The molecule has 69 heavy (non-hydrogen) atoms. The summed E-state index contributed by atoms with van der Waals surface area (Å²) in [6, 6.07) is -0.801. The zero-order chi connectivity index (χ0) is 50.6. The van der Waals surface area contributed by atoms with Gasteiger partial charge in [0.2, 0.25) is 5.91 Å². The van der Waals surface area contributed by atoms with Crippen LogP contribution in [0, 0.1) is 0 Å². The molecule has 3 unspecified atom stereocenters. The molecule has 0 aromatic heterocycles. The first-order valence-electron chi connectivity index (χ1n) is 29.1. The highest BCUT2D eigenvalue weighted by Gasteiger charge is 2.24. The van der Waals surface area contributed by atoms with Crippen molar-refractivity contribution >= 4 is 13.7 Å². The lowest BCUT2D eigenvalue weighted by Gasteiger charge is -2.30. The van der Waals surface area contributed by atoms with Crippen molar-refractivity contribution in [1.82, 2.24) is 5.32 Å². The number of phosphoric acid groups is 1. The Balaban J connectivity index is 4.02. The van der Waals surface area contributed by atoms with Gasteiger partial charge in [-0.15, -0.1) is 0 Å². The monoisotopic (exact) mass is 989 g/mol. The van der Waals surface area contributed by atoms with Crippen molar-refractivity contribution in [1.29, 1.82) is 0 Å². The van der Waals surface area contributed by atoms with Gasteiger partial charge in [-0.25, -0.2) is 0 Å². The van der Waals surface area contributed by atoms with E-state index in [2.05, 4.69) is 79.9 Å². The molecule has 2 N–H and O–H groups in total. The Morgan fingerprint density at radius 1 is 0.522 bits per heavy atom. The Bertz CT molecular complexity index is 1310. The van der Waals surface area contributed by atoms with Crippen molar-refractivity contribution in [2.24, 2.45) is 0 Å². The second-order valence-corrected chi connectivity index (χ2v) is 22.4. The first-order chi connectivity index (χ1) is 33.5. The number of carbonyl (C=O) groups is 1. The average molecular weight is 990 g/mol. The van der Waals surface area contributed by atoms with E-state index in [-0.39, 0.29) is 19.1 Å². The maximum Gasteiger partial charge on any atom is 0.268 e. The number of unbranched alkanes of at least 4 members (excludes halogenated alkanes) is 30. The smallest absolute Gasteiger partial charge is 0.268 e. The van der Waals surface area contributed by atoms with E-state index in [9.17, 15) is 19.4 Å². The Morgan fingerprint density at radius 2 is 0.884 bits per heavy atom. The minimum Gasteiger partial charge on any atom is -0.756 e. The molecule has 0 radical (unpaired) electrons. The molecule has 0 fully saturated rings. The first kappa shape index (κ1) is 67.2. The molecule has 0 aliphatic heterocycles. The van der Waals surface area contributed by atoms with E-state index in [4.69, 9.17) is 9.05 Å². The van der Waals surface area contributed by atoms with Crippen LogP contribution in [0.25, 0.3) is 0 Å². The normalized spacial score (nSPS) is 14.4. The van der Waals surface area contributed by atoms with Gasteiger partial charge in [0.05, 0.1) is 39.9 Å². The van der Waals surface area contributed by atoms with Gasteiger partial charge < -0.3 is 28.8 Å². The summed E-state index contributed by atoms with van der Waals surface area (Å²) in [5.74, 6) is -0.164. The van der Waals surface area contributed by atoms with Crippen LogP contribution >= 0.6 is 7.82 Å². The Kier molecular flexibility index (Phi) is 49.8. The Morgan fingerprint density at radius 3 is 1.29 bits per heavy atom. The first-order valence-corrected chi connectivity index (χ1v) is 30.6. The van der Waals surface area contributed by atoms with Gasteiger partial charge in [-0.1, -0.05) is 261 Å². The third kappa shape index (κ3) is 53.8. The summed E-state index contributed by atoms with van der Waals surface area (Å²) < 4.78 is 23.4. The molecule has 0 spiro atoms. The lowest BCUT2D eigenvalue weighted by molar-refractivity contribution is -0.870. The van der Waals surface area contributed by atoms with Crippen molar-refractivity contribution in [2.45, 2.75) is 276 Å². The van der Waals surface area contributed by atoms with Crippen molar-refractivity contribution in [2.75, 3.05) is 40.9 Å². The molecular weight excluding hydrogens is 876 g/mol. The fourth-order valence-corrected chi connectivity index (χ4v) is 9.20. The molecule has 3 atom stereocenters. The molecule has 0 aliphatic carbocycles. The van der Waals surface area contributed by atoms with Crippen LogP contribution < -0.4 is 10.2 Å². The molecule has 404 valence electrons. The van der Waals surface area contributed by atoms with E-state index in [0.29, 0.717) is 23.9 Å². The zero-order valence-electron chi connectivity index (χ0n) is 46.0. The predicted molar refractivity (Wildman–Crippen MR) is 297 cm³/mol. The third-order valence-electron chi connectivity index (χ3n) is 13.0. The van der Waals surface area contributed by atoms with E-state index >= 15 is 0 Å². The fourth-order valence-electron chi connectivity index (χ4n) is 8.48. The lowest BCUT2D eigenvalue weighted by atomic mass is 10.0. The van der Waals surface area contributed by atoms with Crippen LogP contribution in [0.5, 0.6) is 0 Å². The number of likely N-dealkylation sites (N-methyl/N-ethyl adjacent to an activating group) is 1. The van der Waals surface area contributed by atoms with Crippen LogP contribution in [0.3, 0.4) is 0 Å². The summed E-state index contributed by atoms with van der Waals surface area (Å²) in [6.07, 6.45) is 68.3. The summed E-state index contributed by atoms with van der Waals surface area (Å²) in [5.41, 5.74) is 0. The van der Waals surface area contributed by atoms with Crippen LogP contribution in [0.15, 0.2) is 60.8 Å². The summed E-state index contributed by atoms with van der Waals surface area (Å²) >= 11 is 0. The highest BCUT2D eigenvalue weighted by Crippen LogP contribution is 2.38. The van der Waals surface area contributed by atoms with Crippen molar-refractivity contribution in [3.05, 3.63) is 60.8 Å². The van der Waals surface area contributed by atoms with Crippen LogP contribution in [-0.4, -0.2) is 68.5 Å².